The molecule has 6 nitrogen and oxygen atoms in total. The predicted molar refractivity (Wildman–Crippen MR) is 59.4 cm³/mol. The second-order valence-electron chi connectivity index (χ2n) is 3.51. The topological polar surface area (TPSA) is 89.2 Å². The zero-order valence-electron chi connectivity index (χ0n) is 8.26. The number of carbonyl (C=O) groups is 2. The molecule has 2 N–H and O–H groups in total. The van der Waals surface area contributed by atoms with Crippen LogP contribution in [0.5, 0.6) is 0 Å². The van der Waals surface area contributed by atoms with Crippen LogP contribution in [0.2, 0.25) is 0 Å². The molecule has 2 rings (SSSR count). The quantitative estimate of drug-likeness (QED) is 0.779. The number of aromatic nitrogens is 2. The van der Waals surface area contributed by atoms with E-state index in [1.54, 1.807) is 6.07 Å². The van der Waals surface area contributed by atoms with Gasteiger partial charge in [0.25, 0.3) is 0 Å². The maximum atomic E-state index is 11.6. The summed E-state index contributed by atoms with van der Waals surface area (Å²) in [5.74, 6) is -0.546. The number of anilines is 1. The lowest BCUT2D eigenvalue weighted by atomic mass is 10.1. The normalized spacial score (nSPS) is 20.2. The van der Waals surface area contributed by atoms with Crippen LogP contribution in [0.25, 0.3) is 0 Å². The van der Waals surface area contributed by atoms with Gasteiger partial charge in [0, 0.05) is 19.0 Å². The maximum absolute atomic E-state index is 11.6. The van der Waals surface area contributed by atoms with Crippen molar-refractivity contribution in [3.63, 3.8) is 0 Å². The molecular formula is C9H9BrN4O2. The SMILES string of the molecule is NC(=O)C1CC(=O)N(c2cc(Br)ncn2)C1. The second-order valence-corrected chi connectivity index (χ2v) is 4.32. The van der Waals surface area contributed by atoms with E-state index in [4.69, 9.17) is 5.73 Å². The first-order chi connectivity index (χ1) is 7.58. The molecule has 1 fully saturated rings. The first kappa shape index (κ1) is 11.0. The van der Waals surface area contributed by atoms with Gasteiger partial charge in [-0.1, -0.05) is 0 Å². The van der Waals surface area contributed by atoms with Crippen LogP contribution in [0.15, 0.2) is 17.0 Å². The summed E-state index contributed by atoms with van der Waals surface area (Å²) in [5.41, 5.74) is 5.17. The van der Waals surface area contributed by atoms with Gasteiger partial charge in [0.15, 0.2) is 0 Å². The van der Waals surface area contributed by atoms with Gasteiger partial charge >= 0.3 is 0 Å². The molecule has 1 atom stereocenters. The van der Waals surface area contributed by atoms with E-state index >= 15 is 0 Å². The van der Waals surface area contributed by atoms with Crippen LogP contribution in [-0.2, 0) is 9.59 Å². The highest BCUT2D eigenvalue weighted by atomic mass is 79.9. The van der Waals surface area contributed by atoms with Crippen LogP contribution in [0.4, 0.5) is 5.82 Å². The number of carbonyl (C=O) groups excluding carboxylic acids is 2. The van der Waals surface area contributed by atoms with Crippen molar-refractivity contribution in [3.8, 4) is 0 Å². The second kappa shape index (κ2) is 4.17. The number of hydrogen-bond donors (Lipinski definition) is 1. The fourth-order valence-electron chi connectivity index (χ4n) is 1.59. The Morgan fingerprint density at radius 1 is 1.56 bits per heavy atom. The van der Waals surface area contributed by atoms with Crippen molar-refractivity contribution >= 4 is 33.6 Å². The Balaban J connectivity index is 2.23. The fraction of sp³-hybridized carbons (Fsp3) is 0.333. The minimum atomic E-state index is -0.455. The molecule has 1 aliphatic rings. The molecule has 1 aliphatic heterocycles. The number of amides is 2. The van der Waals surface area contributed by atoms with Crippen LogP contribution in [0.3, 0.4) is 0 Å². The average Bonchev–Trinajstić information content (AvgIpc) is 2.60. The van der Waals surface area contributed by atoms with Gasteiger partial charge in [-0.25, -0.2) is 9.97 Å². The van der Waals surface area contributed by atoms with E-state index in [0.29, 0.717) is 10.4 Å². The van der Waals surface area contributed by atoms with E-state index in [0.717, 1.165) is 0 Å². The Morgan fingerprint density at radius 2 is 2.31 bits per heavy atom. The van der Waals surface area contributed by atoms with Crippen molar-refractivity contribution in [3.05, 3.63) is 17.0 Å². The van der Waals surface area contributed by atoms with E-state index in [1.807, 2.05) is 0 Å². The zero-order valence-corrected chi connectivity index (χ0v) is 9.85. The Bertz CT molecular complexity index is 451. The Morgan fingerprint density at radius 3 is 2.88 bits per heavy atom. The third kappa shape index (κ3) is 2.04. The van der Waals surface area contributed by atoms with Crippen LogP contribution in [0.1, 0.15) is 6.42 Å². The molecule has 1 aromatic rings. The highest BCUT2D eigenvalue weighted by Gasteiger charge is 2.34. The first-order valence-corrected chi connectivity index (χ1v) is 5.44. The van der Waals surface area contributed by atoms with E-state index in [9.17, 15) is 9.59 Å². The minimum absolute atomic E-state index is 0.144. The number of hydrogen-bond acceptors (Lipinski definition) is 4. The maximum Gasteiger partial charge on any atom is 0.229 e. The van der Waals surface area contributed by atoms with Gasteiger partial charge in [0.05, 0.1) is 5.92 Å². The standard InChI is InChI=1S/C9H9BrN4O2/c10-6-2-7(13-4-12-6)14-3-5(9(11)16)1-8(14)15/h2,4-5H,1,3H2,(H2,11,16). The highest BCUT2D eigenvalue weighted by Crippen LogP contribution is 2.24. The molecule has 2 heterocycles. The number of halogens is 1. The van der Waals surface area contributed by atoms with Gasteiger partial charge in [-0.3, -0.25) is 14.5 Å². The van der Waals surface area contributed by atoms with Gasteiger partial charge in [-0.15, -0.1) is 0 Å². The van der Waals surface area contributed by atoms with Gasteiger partial charge in [0.2, 0.25) is 11.8 Å². The van der Waals surface area contributed by atoms with Crippen LogP contribution in [-0.4, -0.2) is 28.3 Å². The molecule has 0 aromatic carbocycles. The number of nitrogens with two attached hydrogens (primary N) is 1. The average molecular weight is 285 g/mol. The molecule has 1 aromatic heterocycles. The van der Waals surface area contributed by atoms with Crippen molar-refractivity contribution in [2.24, 2.45) is 11.7 Å². The van der Waals surface area contributed by atoms with Crippen molar-refractivity contribution in [1.82, 2.24) is 9.97 Å². The molecule has 0 radical (unpaired) electrons. The van der Waals surface area contributed by atoms with Crippen molar-refractivity contribution in [2.75, 3.05) is 11.4 Å². The Kier molecular flexibility index (Phi) is 2.86. The summed E-state index contributed by atoms with van der Waals surface area (Å²) in [7, 11) is 0. The lowest BCUT2D eigenvalue weighted by Crippen LogP contribution is -2.29. The molecule has 0 saturated carbocycles. The summed E-state index contributed by atoms with van der Waals surface area (Å²) >= 11 is 3.19. The van der Waals surface area contributed by atoms with Crippen molar-refractivity contribution in [1.29, 1.82) is 0 Å². The van der Waals surface area contributed by atoms with Gasteiger partial charge in [-0.2, -0.15) is 0 Å². The van der Waals surface area contributed by atoms with Crippen molar-refractivity contribution < 1.29 is 9.59 Å². The minimum Gasteiger partial charge on any atom is -0.369 e. The summed E-state index contributed by atoms with van der Waals surface area (Å²) in [6, 6.07) is 1.63. The molecule has 0 aliphatic carbocycles. The van der Waals surface area contributed by atoms with Gasteiger partial charge in [0.1, 0.15) is 16.7 Å². The summed E-state index contributed by atoms with van der Waals surface area (Å²) < 4.78 is 0.591. The van der Waals surface area contributed by atoms with Crippen LogP contribution in [0, 0.1) is 5.92 Å². The predicted octanol–water partition coefficient (Wildman–Crippen LogP) is 0.0773. The van der Waals surface area contributed by atoms with Crippen molar-refractivity contribution in [2.45, 2.75) is 6.42 Å². The van der Waals surface area contributed by atoms with Crippen LogP contribution < -0.4 is 10.6 Å². The molecule has 1 saturated heterocycles. The smallest absolute Gasteiger partial charge is 0.229 e. The Hall–Kier alpha value is -1.50. The molecule has 0 spiro atoms. The summed E-state index contributed by atoms with van der Waals surface area (Å²) in [6.45, 7) is 0.289. The fourth-order valence-corrected chi connectivity index (χ4v) is 1.89. The molecule has 1 unspecified atom stereocenters. The molecule has 2 amide bonds. The number of nitrogens with zero attached hydrogens (tertiary/aromatic N) is 3. The lowest BCUT2D eigenvalue weighted by molar-refractivity contribution is -0.123. The largest absolute Gasteiger partial charge is 0.369 e. The van der Waals surface area contributed by atoms with E-state index < -0.39 is 11.8 Å². The molecule has 0 bridgehead atoms. The summed E-state index contributed by atoms with van der Waals surface area (Å²) in [5, 5.41) is 0. The van der Waals surface area contributed by atoms with E-state index in [2.05, 4.69) is 25.9 Å². The third-order valence-corrected chi connectivity index (χ3v) is 2.86. The molecule has 16 heavy (non-hydrogen) atoms. The Labute approximate surface area is 100.0 Å². The third-order valence-electron chi connectivity index (χ3n) is 2.42. The zero-order chi connectivity index (χ0) is 11.7. The highest BCUT2D eigenvalue weighted by molar-refractivity contribution is 9.10. The summed E-state index contributed by atoms with van der Waals surface area (Å²) in [6.07, 6.45) is 1.50. The molecule has 84 valence electrons. The number of primary amides is 1. The lowest BCUT2D eigenvalue weighted by Gasteiger charge is -2.14. The van der Waals surface area contributed by atoms with Gasteiger partial charge < -0.3 is 5.73 Å². The monoisotopic (exact) mass is 284 g/mol. The van der Waals surface area contributed by atoms with Crippen LogP contribution >= 0.6 is 15.9 Å². The first-order valence-electron chi connectivity index (χ1n) is 4.65. The molecular weight excluding hydrogens is 276 g/mol. The van der Waals surface area contributed by atoms with E-state index in [-0.39, 0.29) is 18.9 Å². The van der Waals surface area contributed by atoms with Gasteiger partial charge in [-0.05, 0) is 15.9 Å². The number of rotatable bonds is 2. The molecule has 7 heteroatoms. The summed E-state index contributed by atoms with van der Waals surface area (Å²) in [4.78, 5) is 31.9. The van der Waals surface area contributed by atoms with E-state index in [1.165, 1.54) is 11.2 Å².